The molecule has 1 N–H and O–H groups in total. The Morgan fingerprint density at radius 1 is 1.00 bits per heavy atom. The molecule has 0 saturated carbocycles. The van der Waals surface area contributed by atoms with E-state index in [2.05, 4.69) is 45.9 Å². The Morgan fingerprint density at radius 3 is 2.40 bits per heavy atom. The highest BCUT2D eigenvalue weighted by Gasteiger charge is 2.17. The number of sulfonamides is 1. The number of benzene rings is 2. The molecule has 2 heterocycles. The number of rotatable bonds is 7. The summed E-state index contributed by atoms with van der Waals surface area (Å²) >= 11 is 5.86. The number of hydrogen-bond donors (Lipinski definition) is 1. The average Bonchev–Trinajstić information content (AvgIpc) is 3.11. The molecule has 0 aliphatic rings. The molecule has 4 aromatic rings. The van der Waals surface area contributed by atoms with Gasteiger partial charge >= 0.3 is 0 Å². The van der Waals surface area contributed by atoms with E-state index in [9.17, 15) is 8.42 Å². The van der Waals surface area contributed by atoms with E-state index in [-0.39, 0.29) is 11.4 Å². The van der Waals surface area contributed by atoms with Crippen molar-refractivity contribution in [3.8, 4) is 0 Å². The van der Waals surface area contributed by atoms with E-state index in [0.717, 1.165) is 23.1 Å². The molecule has 4 rings (SSSR count). The van der Waals surface area contributed by atoms with Crippen LogP contribution in [-0.4, -0.2) is 23.0 Å². The van der Waals surface area contributed by atoms with E-state index in [0.29, 0.717) is 17.4 Å². The van der Waals surface area contributed by atoms with Gasteiger partial charge in [-0.05, 0) is 53.9 Å². The van der Waals surface area contributed by atoms with Gasteiger partial charge in [0.1, 0.15) is 11.3 Å². The Labute approximate surface area is 180 Å². The second kappa shape index (κ2) is 8.55. The van der Waals surface area contributed by atoms with Crippen molar-refractivity contribution in [3.05, 3.63) is 88.8 Å². The van der Waals surface area contributed by atoms with Crippen molar-refractivity contribution in [2.24, 2.45) is 0 Å². The van der Waals surface area contributed by atoms with Crippen LogP contribution in [0.2, 0.25) is 5.02 Å². The zero-order chi connectivity index (χ0) is 21.1. The molecule has 0 atom stereocenters. The molecule has 8 heteroatoms. The third kappa shape index (κ3) is 4.38. The number of aryl methyl sites for hydroxylation is 1. The molecular weight excluding hydrogens is 420 g/mol. The van der Waals surface area contributed by atoms with Crippen molar-refractivity contribution in [1.29, 1.82) is 0 Å². The molecule has 0 fully saturated rings. The molecule has 0 amide bonds. The fourth-order valence-electron chi connectivity index (χ4n) is 3.23. The van der Waals surface area contributed by atoms with Gasteiger partial charge in [-0.3, -0.25) is 0 Å². The number of nitrogens with one attached hydrogen (secondary N) is 1. The molecule has 2 aromatic heterocycles. The van der Waals surface area contributed by atoms with E-state index in [1.807, 2.05) is 16.7 Å². The van der Waals surface area contributed by atoms with Crippen LogP contribution in [0, 0.1) is 0 Å². The zero-order valence-corrected chi connectivity index (χ0v) is 18.0. The van der Waals surface area contributed by atoms with Gasteiger partial charge in [0, 0.05) is 11.2 Å². The van der Waals surface area contributed by atoms with Crippen molar-refractivity contribution < 1.29 is 8.42 Å². The van der Waals surface area contributed by atoms with Gasteiger partial charge in [-0.2, -0.15) is 0 Å². The van der Waals surface area contributed by atoms with Crippen LogP contribution in [0.1, 0.15) is 23.9 Å². The Kier molecular flexibility index (Phi) is 5.85. The molecular formula is C22H21ClN4O2S. The lowest BCUT2D eigenvalue weighted by Gasteiger charge is -2.11. The maximum atomic E-state index is 12.7. The Hall–Kier alpha value is -2.74. The summed E-state index contributed by atoms with van der Waals surface area (Å²) in [6, 6.07) is 18.1. The van der Waals surface area contributed by atoms with Gasteiger partial charge in [0.05, 0.1) is 18.0 Å². The van der Waals surface area contributed by atoms with Crippen LogP contribution in [0.15, 0.2) is 71.8 Å². The smallest absolute Gasteiger partial charge is 0.240 e. The molecule has 6 nitrogen and oxygen atoms in total. The minimum absolute atomic E-state index is 0.0500. The lowest BCUT2D eigenvalue weighted by atomic mass is 10.1. The van der Waals surface area contributed by atoms with Crippen LogP contribution in [0.4, 0.5) is 0 Å². The second-order valence-corrected chi connectivity index (χ2v) is 9.11. The highest BCUT2D eigenvalue weighted by molar-refractivity contribution is 7.89. The number of aromatic nitrogens is 3. The van der Waals surface area contributed by atoms with Gasteiger partial charge < -0.3 is 4.57 Å². The van der Waals surface area contributed by atoms with Crippen molar-refractivity contribution in [2.45, 2.75) is 31.3 Å². The molecule has 0 radical (unpaired) electrons. The molecule has 30 heavy (non-hydrogen) atoms. The Morgan fingerprint density at radius 2 is 1.70 bits per heavy atom. The van der Waals surface area contributed by atoms with Gasteiger partial charge in [-0.1, -0.05) is 42.8 Å². The topological polar surface area (TPSA) is 76.9 Å². The molecule has 154 valence electrons. The van der Waals surface area contributed by atoms with Crippen LogP contribution < -0.4 is 4.72 Å². The SMILES string of the molecule is CCc1ccc(Cn2c(CNS(=O)(=O)c3ccc(Cl)cc3)nc3cccnc32)cc1. The van der Waals surface area contributed by atoms with Crippen molar-refractivity contribution in [3.63, 3.8) is 0 Å². The summed E-state index contributed by atoms with van der Waals surface area (Å²) in [6.07, 6.45) is 2.69. The zero-order valence-electron chi connectivity index (χ0n) is 16.4. The van der Waals surface area contributed by atoms with Crippen LogP contribution in [0.25, 0.3) is 11.2 Å². The quantitative estimate of drug-likeness (QED) is 0.467. The van der Waals surface area contributed by atoms with Gasteiger partial charge in [-0.15, -0.1) is 0 Å². The summed E-state index contributed by atoms with van der Waals surface area (Å²) in [5, 5.41) is 0.482. The second-order valence-electron chi connectivity index (χ2n) is 6.91. The first-order valence-corrected chi connectivity index (χ1v) is 11.5. The van der Waals surface area contributed by atoms with Crippen LogP contribution in [-0.2, 0) is 29.5 Å². The third-order valence-corrected chi connectivity index (χ3v) is 6.57. The van der Waals surface area contributed by atoms with E-state index in [1.165, 1.54) is 17.7 Å². The predicted molar refractivity (Wildman–Crippen MR) is 118 cm³/mol. The largest absolute Gasteiger partial charge is 0.307 e. The highest BCUT2D eigenvalue weighted by atomic mass is 35.5. The fourth-order valence-corrected chi connectivity index (χ4v) is 4.33. The Balaban J connectivity index is 1.63. The van der Waals surface area contributed by atoms with Crippen molar-refractivity contribution >= 4 is 32.8 Å². The maximum Gasteiger partial charge on any atom is 0.240 e. The van der Waals surface area contributed by atoms with E-state index in [4.69, 9.17) is 11.6 Å². The molecule has 0 aliphatic heterocycles. The first kappa shape index (κ1) is 20.5. The minimum atomic E-state index is -3.69. The number of nitrogens with zero attached hydrogens (tertiary/aromatic N) is 3. The van der Waals surface area contributed by atoms with Crippen LogP contribution >= 0.6 is 11.6 Å². The molecule has 0 saturated heterocycles. The lowest BCUT2D eigenvalue weighted by Crippen LogP contribution is -2.25. The standard InChI is InChI=1S/C22H21ClN4O2S/c1-2-16-5-7-17(8-6-16)15-27-21(26-20-4-3-13-24-22(20)27)14-25-30(28,29)19-11-9-18(23)10-12-19/h3-13,25H,2,14-15H2,1H3. The highest BCUT2D eigenvalue weighted by Crippen LogP contribution is 2.18. The summed E-state index contributed by atoms with van der Waals surface area (Å²) < 4.78 is 29.9. The molecule has 0 spiro atoms. The van der Waals surface area contributed by atoms with Gasteiger partial charge in [0.15, 0.2) is 5.65 Å². The molecule has 0 bridgehead atoms. The van der Waals surface area contributed by atoms with Gasteiger partial charge in [0.2, 0.25) is 10.0 Å². The van der Waals surface area contributed by atoms with Crippen molar-refractivity contribution in [1.82, 2.24) is 19.3 Å². The fraction of sp³-hybridized carbons (Fsp3) is 0.182. The number of hydrogen-bond acceptors (Lipinski definition) is 4. The van der Waals surface area contributed by atoms with Gasteiger partial charge in [0.25, 0.3) is 0 Å². The van der Waals surface area contributed by atoms with Crippen LogP contribution in [0.5, 0.6) is 0 Å². The summed E-state index contributed by atoms with van der Waals surface area (Å²) in [6.45, 7) is 2.72. The summed E-state index contributed by atoms with van der Waals surface area (Å²) in [5.74, 6) is 0.598. The van der Waals surface area contributed by atoms with Crippen LogP contribution in [0.3, 0.4) is 0 Å². The van der Waals surface area contributed by atoms with E-state index >= 15 is 0 Å². The number of fused-ring (bicyclic) bond motifs is 1. The van der Waals surface area contributed by atoms with E-state index in [1.54, 1.807) is 18.3 Å². The number of pyridine rings is 1. The normalized spacial score (nSPS) is 11.8. The molecule has 0 unspecified atom stereocenters. The summed E-state index contributed by atoms with van der Waals surface area (Å²) in [5.41, 5.74) is 3.81. The minimum Gasteiger partial charge on any atom is -0.307 e. The predicted octanol–water partition coefficient (Wildman–Crippen LogP) is 4.17. The monoisotopic (exact) mass is 440 g/mol. The van der Waals surface area contributed by atoms with Gasteiger partial charge in [-0.25, -0.2) is 23.1 Å². The number of imidazole rings is 1. The molecule has 2 aromatic carbocycles. The average molecular weight is 441 g/mol. The Bertz CT molecular complexity index is 1270. The third-order valence-electron chi connectivity index (χ3n) is 4.90. The number of halogens is 1. The van der Waals surface area contributed by atoms with Crippen molar-refractivity contribution in [2.75, 3.05) is 0 Å². The summed E-state index contributed by atoms with van der Waals surface area (Å²) in [7, 11) is -3.69. The first-order valence-electron chi connectivity index (χ1n) is 9.59. The summed E-state index contributed by atoms with van der Waals surface area (Å²) in [4.78, 5) is 9.21. The molecule has 0 aliphatic carbocycles. The maximum absolute atomic E-state index is 12.7. The lowest BCUT2D eigenvalue weighted by molar-refractivity contribution is 0.576. The van der Waals surface area contributed by atoms with E-state index < -0.39 is 10.0 Å². The first-order chi connectivity index (χ1) is 14.5.